The van der Waals surface area contributed by atoms with Gasteiger partial charge in [-0.3, -0.25) is 0 Å². The van der Waals surface area contributed by atoms with Crippen LogP contribution in [0.25, 0.3) is 11.5 Å². The number of aryl methyl sites for hydroxylation is 2. The van der Waals surface area contributed by atoms with Crippen LogP contribution in [-0.4, -0.2) is 22.7 Å². The quantitative estimate of drug-likeness (QED) is 0.778. The highest BCUT2D eigenvalue weighted by atomic mass is 16.5. The zero-order chi connectivity index (χ0) is 13.1. The van der Waals surface area contributed by atoms with Crippen LogP contribution in [0.4, 0.5) is 0 Å². The molecule has 1 heterocycles. The van der Waals surface area contributed by atoms with Crippen molar-refractivity contribution in [3.8, 4) is 11.5 Å². The maximum absolute atomic E-state index is 11.4. The van der Waals surface area contributed by atoms with Crippen molar-refractivity contribution in [1.82, 2.24) is 10.1 Å². The lowest BCUT2D eigenvalue weighted by molar-refractivity contribution is 0.0508. The predicted molar refractivity (Wildman–Crippen MR) is 65.2 cm³/mol. The number of benzene rings is 1. The Bertz CT molecular complexity index is 575. The Labute approximate surface area is 105 Å². The maximum atomic E-state index is 11.4. The van der Waals surface area contributed by atoms with E-state index in [0.29, 0.717) is 5.89 Å². The first-order valence-corrected chi connectivity index (χ1v) is 5.70. The first kappa shape index (κ1) is 12.3. The van der Waals surface area contributed by atoms with Crippen LogP contribution in [0.3, 0.4) is 0 Å². The van der Waals surface area contributed by atoms with E-state index in [0.717, 1.165) is 16.7 Å². The molecule has 0 aliphatic heterocycles. The van der Waals surface area contributed by atoms with Crippen LogP contribution in [0.1, 0.15) is 28.7 Å². The number of hydrogen-bond acceptors (Lipinski definition) is 5. The van der Waals surface area contributed by atoms with E-state index in [4.69, 9.17) is 9.26 Å². The fourth-order valence-electron chi connectivity index (χ4n) is 1.66. The Balaban J connectivity index is 2.32. The molecule has 1 aromatic heterocycles. The summed E-state index contributed by atoms with van der Waals surface area (Å²) in [6.07, 6.45) is 0. The van der Waals surface area contributed by atoms with Crippen molar-refractivity contribution < 1.29 is 14.1 Å². The highest BCUT2D eigenvalue weighted by Crippen LogP contribution is 2.22. The molecule has 0 aliphatic carbocycles. The SMILES string of the molecule is CCOC(=O)c1noc(-c2ccc(C)cc2C)n1. The van der Waals surface area contributed by atoms with Crippen molar-refractivity contribution >= 4 is 5.97 Å². The van der Waals surface area contributed by atoms with E-state index in [1.807, 2.05) is 32.0 Å². The zero-order valence-electron chi connectivity index (χ0n) is 10.6. The fraction of sp³-hybridized carbons (Fsp3) is 0.308. The van der Waals surface area contributed by atoms with E-state index < -0.39 is 5.97 Å². The number of rotatable bonds is 3. The summed E-state index contributed by atoms with van der Waals surface area (Å²) in [6.45, 7) is 5.97. The Kier molecular flexibility index (Phi) is 3.41. The lowest BCUT2D eigenvalue weighted by Gasteiger charge is -2.01. The first-order chi connectivity index (χ1) is 8.61. The molecule has 2 rings (SSSR count). The van der Waals surface area contributed by atoms with Crippen LogP contribution in [0.5, 0.6) is 0 Å². The Hall–Kier alpha value is -2.17. The summed E-state index contributed by atoms with van der Waals surface area (Å²) in [5, 5.41) is 3.61. The van der Waals surface area contributed by atoms with Crippen LogP contribution < -0.4 is 0 Å². The lowest BCUT2D eigenvalue weighted by Crippen LogP contribution is -2.06. The maximum Gasteiger partial charge on any atom is 0.379 e. The largest absolute Gasteiger partial charge is 0.460 e. The predicted octanol–water partition coefficient (Wildman–Crippen LogP) is 2.53. The van der Waals surface area contributed by atoms with Crippen molar-refractivity contribution in [2.24, 2.45) is 0 Å². The van der Waals surface area contributed by atoms with Gasteiger partial charge in [-0.05, 0) is 37.6 Å². The van der Waals surface area contributed by atoms with Crippen LogP contribution in [-0.2, 0) is 4.74 Å². The van der Waals surface area contributed by atoms with Gasteiger partial charge in [0.1, 0.15) is 0 Å². The summed E-state index contributed by atoms with van der Waals surface area (Å²) in [6, 6.07) is 5.87. The van der Waals surface area contributed by atoms with E-state index in [-0.39, 0.29) is 12.4 Å². The third-order valence-electron chi connectivity index (χ3n) is 2.50. The molecule has 5 nitrogen and oxygen atoms in total. The number of hydrogen-bond donors (Lipinski definition) is 0. The van der Waals surface area contributed by atoms with E-state index in [1.54, 1.807) is 6.92 Å². The van der Waals surface area contributed by atoms with Gasteiger partial charge in [0.15, 0.2) is 0 Å². The number of nitrogens with zero attached hydrogens (tertiary/aromatic N) is 2. The second kappa shape index (κ2) is 5.00. The normalized spacial score (nSPS) is 10.4. The molecule has 18 heavy (non-hydrogen) atoms. The summed E-state index contributed by atoms with van der Waals surface area (Å²) in [7, 11) is 0. The van der Waals surface area contributed by atoms with Gasteiger partial charge in [-0.1, -0.05) is 17.7 Å². The minimum atomic E-state index is -0.572. The highest BCUT2D eigenvalue weighted by Gasteiger charge is 2.17. The van der Waals surface area contributed by atoms with Gasteiger partial charge >= 0.3 is 5.97 Å². The second-order valence-electron chi connectivity index (χ2n) is 3.96. The number of aromatic nitrogens is 2. The molecule has 0 saturated carbocycles. The minimum absolute atomic E-state index is 0.0492. The summed E-state index contributed by atoms with van der Waals surface area (Å²) in [5.41, 5.74) is 3.00. The molecular weight excluding hydrogens is 232 g/mol. The van der Waals surface area contributed by atoms with E-state index in [9.17, 15) is 4.79 Å². The van der Waals surface area contributed by atoms with Gasteiger partial charge < -0.3 is 9.26 Å². The molecule has 0 amide bonds. The molecule has 0 N–H and O–H groups in total. The second-order valence-corrected chi connectivity index (χ2v) is 3.96. The van der Waals surface area contributed by atoms with Gasteiger partial charge in [0.25, 0.3) is 11.7 Å². The van der Waals surface area contributed by atoms with Gasteiger partial charge in [0.2, 0.25) is 0 Å². The molecule has 5 heteroatoms. The summed E-state index contributed by atoms with van der Waals surface area (Å²) >= 11 is 0. The standard InChI is InChI=1S/C13H14N2O3/c1-4-17-13(16)11-14-12(18-15-11)10-6-5-8(2)7-9(10)3/h5-7H,4H2,1-3H3. The fourth-order valence-corrected chi connectivity index (χ4v) is 1.66. The van der Waals surface area contributed by atoms with Gasteiger partial charge in [0, 0.05) is 5.56 Å². The van der Waals surface area contributed by atoms with Crippen molar-refractivity contribution in [2.75, 3.05) is 6.61 Å². The molecule has 94 valence electrons. The molecule has 0 saturated heterocycles. The zero-order valence-corrected chi connectivity index (χ0v) is 10.6. The monoisotopic (exact) mass is 246 g/mol. The molecule has 2 aromatic rings. The topological polar surface area (TPSA) is 65.2 Å². The van der Waals surface area contributed by atoms with Crippen LogP contribution in [0.15, 0.2) is 22.7 Å². The minimum Gasteiger partial charge on any atom is -0.460 e. The Morgan fingerprint density at radius 1 is 1.39 bits per heavy atom. The van der Waals surface area contributed by atoms with Gasteiger partial charge in [-0.25, -0.2) is 4.79 Å². The lowest BCUT2D eigenvalue weighted by atomic mass is 10.1. The molecular formula is C13H14N2O3. The summed E-state index contributed by atoms with van der Waals surface area (Å²) in [5.74, 6) is -0.292. The highest BCUT2D eigenvalue weighted by molar-refractivity contribution is 5.85. The van der Waals surface area contributed by atoms with E-state index in [1.165, 1.54) is 0 Å². The summed E-state index contributed by atoms with van der Waals surface area (Å²) in [4.78, 5) is 15.5. The first-order valence-electron chi connectivity index (χ1n) is 5.70. The molecule has 0 radical (unpaired) electrons. The number of carbonyl (C=O) groups excluding carboxylic acids is 1. The Morgan fingerprint density at radius 3 is 2.83 bits per heavy atom. The van der Waals surface area contributed by atoms with Crippen LogP contribution in [0, 0.1) is 13.8 Å². The molecule has 1 aromatic carbocycles. The van der Waals surface area contributed by atoms with Crippen LogP contribution in [0.2, 0.25) is 0 Å². The molecule has 0 bridgehead atoms. The van der Waals surface area contributed by atoms with Crippen LogP contribution >= 0.6 is 0 Å². The molecule has 0 unspecified atom stereocenters. The van der Waals surface area contributed by atoms with Crippen molar-refractivity contribution in [3.05, 3.63) is 35.2 Å². The van der Waals surface area contributed by atoms with Crippen molar-refractivity contribution in [1.29, 1.82) is 0 Å². The number of ether oxygens (including phenoxy) is 1. The van der Waals surface area contributed by atoms with E-state index in [2.05, 4.69) is 10.1 Å². The van der Waals surface area contributed by atoms with Crippen molar-refractivity contribution in [3.63, 3.8) is 0 Å². The third kappa shape index (κ3) is 2.40. The third-order valence-corrected chi connectivity index (χ3v) is 2.50. The molecule has 0 fully saturated rings. The Morgan fingerprint density at radius 2 is 2.17 bits per heavy atom. The number of carbonyl (C=O) groups is 1. The van der Waals surface area contributed by atoms with Gasteiger partial charge in [0.05, 0.1) is 6.61 Å². The molecule has 0 atom stereocenters. The average Bonchev–Trinajstić information content (AvgIpc) is 2.78. The smallest absolute Gasteiger partial charge is 0.379 e. The van der Waals surface area contributed by atoms with Crippen molar-refractivity contribution in [2.45, 2.75) is 20.8 Å². The molecule has 0 spiro atoms. The van der Waals surface area contributed by atoms with Gasteiger partial charge in [-0.2, -0.15) is 4.98 Å². The average molecular weight is 246 g/mol. The van der Waals surface area contributed by atoms with E-state index >= 15 is 0 Å². The molecule has 0 aliphatic rings. The summed E-state index contributed by atoms with van der Waals surface area (Å²) < 4.78 is 9.88. The number of esters is 1. The van der Waals surface area contributed by atoms with Gasteiger partial charge in [-0.15, -0.1) is 0 Å².